The van der Waals surface area contributed by atoms with Crippen LogP contribution in [0, 0.1) is 13.8 Å². The van der Waals surface area contributed by atoms with Gasteiger partial charge < -0.3 is 9.84 Å². The van der Waals surface area contributed by atoms with Crippen LogP contribution in [0.4, 0.5) is 0 Å². The Balaban J connectivity index is 2.29. The van der Waals surface area contributed by atoms with Gasteiger partial charge in [-0.05, 0) is 43.4 Å². The first-order valence-corrected chi connectivity index (χ1v) is 8.75. The minimum absolute atomic E-state index is 0.106. The minimum atomic E-state index is -3.76. The highest BCUT2D eigenvalue weighted by atomic mass is 32.2. The quantitative estimate of drug-likeness (QED) is 0.855. The first kappa shape index (κ1) is 16.9. The van der Waals surface area contributed by atoms with Gasteiger partial charge in [0.05, 0.1) is 11.9 Å². The van der Waals surface area contributed by atoms with Crippen molar-refractivity contribution >= 4 is 16.0 Å². The Labute approximate surface area is 130 Å². The van der Waals surface area contributed by atoms with Gasteiger partial charge in [0, 0.05) is 6.61 Å². The maximum Gasteiger partial charge on any atom is 0.326 e. The second kappa shape index (κ2) is 6.76. The summed E-state index contributed by atoms with van der Waals surface area (Å²) in [5.41, 5.74) is 2.16. The highest BCUT2D eigenvalue weighted by molar-refractivity contribution is 7.90. The molecule has 1 saturated heterocycles. The smallest absolute Gasteiger partial charge is 0.326 e. The van der Waals surface area contributed by atoms with Crippen LogP contribution >= 0.6 is 0 Å². The molecule has 2 atom stereocenters. The molecule has 1 aliphatic heterocycles. The molecule has 0 saturated carbocycles. The van der Waals surface area contributed by atoms with Crippen molar-refractivity contribution < 1.29 is 23.1 Å². The third kappa shape index (κ3) is 3.66. The van der Waals surface area contributed by atoms with Crippen LogP contribution in [-0.4, -0.2) is 38.0 Å². The van der Waals surface area contributed by atoms with E-state index in [2.05, 4.69) is 4.72 Å². The summed E-state index contributed by atoms with van der Waals surface area (Å²) in [7, 11) is -3.76. The zero-order valence-corrected chi connectivity index (χ0v) is 13.5. The first-order valence-electron chi connectivity index (χ1n) is 7.20. The van der Waals surface area contributed by atoms with Crippen LogP contribution in [0.2, 0.25) is 0 Å². The predicted molar refractivity (Wildman–Crippen MR) is 82.2 cm³/mol. The molecule has 0 amide bonds. The lowest BCUT2D eigenvalue weighted by Gasteiger charge is -2.25. The fraction of sp³-hybridized carbons (Fsp3) is 0.533. The molecule has 1 heterocycles. The van der Waals surface area contributed by atoms with Crippen molar-refractivity contribution in [1.82, 2.24) is 4.72 Å². The lowest BCUT2D eigenvalue weighted by atomic mass is 9.98. The normalized spacial score (nSPS) is 20.5. The van der Waals surface area contributed by atoms with E-state index in [0.717, 1.165) is 11.1 Å². The second-order valence-corrected chi connectivity index (χ2v) is 7.55. The molecule has 122 valence electrons. The van der Waals surface area contributed by atoms with Crippen molar-refractivity contribution in [3.63, 3.8) is 0 Å². The van der Waals surface area contributed by atoms with Crippen molar-refractivity contribution in [3.8, 4) is 0 Å². The average molecular weight is 327 g/mol. The van der Waals surface area contributed by atoms with E-state index in [4.69, 9.17) is 4.74 Å². The number of hydrogen-bond acceptors (Lipinski definition) is 4. The number of sulfonamides is 1. The fourth-order valence-corrected chi connectivity index (χ4v) is 4.05. The summed E-state index contributed by atoms with van der Waals surface area (Å²) in [5.74, 6) is -1.21. The zero-order valence-electron chi connectivity index (χ0n) is 12.7. The molecule has 1 fully saturated rings. The molecular formula is C15H21NO5S. The van der Waals surface area contributed by atoms with Gasteiger partial charge in [-0.3, -0.25) is 4.79 Å². The van der Waals surface area contributed by atoms with E-state index >= 15 is 0 Å². The van der Waals surface area contributed by atoms with Crippen LogP contribution in [-0.2, 0) is 19.6 Å². The number of benzene rings is 1. The Kier molecular flexibility index (Phi) is 5.20. The summed E-state index contributed by atoms with van der Waals surface area (Å²) < 4.78 is 32.4. The molecule has 2 rings (SSSR count). The Morgan fingerprint density at radius 2 is 2.14 bits per heavy atom. The van der Waals surface area contributed by atoms with E-state index in [1.807, 2.05) is 13.0 Å². The number of hydrogen-bond donors (Lipinski definition) is 2. The molecule has 22 heavy (non-hydrogen) atoms. The van der Waals surface area contributed by atoms with Gasteiger partial charge in [-0.1, -0.05) is 18.2 Å². The monoisotopic (exact) mass is 327 g/mol. The summed E-state index contributed by atoms with van der Waals surface area (Å²) in [6.45, 7) is 4.31. The summed E-state index contributed by atoms with van der Waals surface area (Å²) in [5, 5.41) is 8.74. The molecule has 6 nitrogen and oxygen atoms in total. The number of aliphatic carboxylic acids is 1. The molecular weight excluding hydrogens is 306 g/mol. The van der Waals surface area contributed by atoms with Crippen LogP contribution in [0.25, 0.3) is 0 Å². The van der Waals surface area contributed by atoms with Crippen LogP contribution in [0.1, 0.15) is 35.6 Å². The second-order valence-electron chi connectivity index (χ2n) is 5.56. The van der Waals surface area contributed by atoms with Gasteiger partial charge in [0.15, 0.2) is 0 Å². The summed E-state index contributed by atoms with van der Waals surface area (Å²) in [4.78, 5) is 11.6. The van der Waals surface area contributed by atoms with E-state index in [-0.39, 0.29) is 6.61 Å². The number of ether oxygens (including phenoxy) is 1. The Morgan fingerprint density at radius 1 is 1.41 bits per heavy atom. The van der Waals surface area contributed by atoms with Crippen LogP contribution in [0.15, 0.2) is 18.2 Å². The third-order valence-electron chi connectivity index (χ3n) is 4.04. The summed E-state index contributed by atoms with van der Waals surface area (Å²) in [6.07, 6.45) is 1.14. The Bertz CT molecular complexity index is 650. The molecule has 0 radical (unpaired) electrons. The molecule has 0 aliphatic carbocycles. The van der Waals surface area contributed by atoms with Gasteiger partial charge >= 0.3 is 5.97 Å². The van der Waals surface area contributed by atoms with Crippen LogP contribution in [0.3, 0.4) is 0 Å². The van der Waals surface area contributed by atoms with Gasteiger partial charge in [-0.2, -0.15) is 4.72 Å². The SMILES string of the molecule is Cc1cccc(C(NS(=O)(=O)C2CCCOC2)C(=O)O)c1C. The number of aryl methyl sites for hydroxylation is 1. The summed E-state index contributed by atoms with van der Waals surface area (Å²) >= 11 is 0. The molecule has 0 bridgehead atoms. The van der Waals surface area contributed by atoms with E-state index in [9.17, 15) is 18.3 Å². The van der Waals surface area contributed by atoms with E-state index in [1.165, 1.54) is 0 Å². The summed E-state index contributed by atoms with van der Waals surface area (Å²) in [6, 6.07) is 3.94. The van der Waals surface area contributed by atoms with Gasteiger partial charge in [-0.25, -0.2) is 8.42 Å². The van der Waals surface area contributed by atoms with E-state index in [1.54, 1.807) is 19.1 Å². The predicted octanol–water partition coefficient (Wildman–Crippen LogP) is 1.53. The number of carboxylic acids is 1. The number of carbonyl (C=O) groups is 1. The molecule has 7 heteroatoms. The highest BCUT2D eigenvalue weighted by Gasteiger charge is 2.33. The molecule has 0 spiro atoms. The topological polar surface area (TPSA) is 92.7 Å². The van der Waals surface area contributed by atoms with Gasteiger partial charge in [0.2, 0.25) is 10.0 Å². The lowest BCUT2D eigenvalue weighted by Crippen LogP contribution is -2.43. The van der Waals surface area contributed by atoms with Crippen LogP contribution < -0.4 is 4.72 Å². The fourth-order valence-electron chi connectivity index (χ4n) is 2.55. The number of nitrogens with one attached hydrogen (secondary N) is 1. The van der Waals surface area contributed by atoms with E-state index < -0.39 is 27.3 Å². The van der Waals surface area contributed by atoms with Crippen molar-refractivity contribution in [2.45, 2.75) is 38.0 Å². The van der Waals surface area contributed by atoms with Crippen molar-refractivity contribution in [3.05, 3.63) is 34.9 Å². The minimum Gasteiger partial charge on any atom is -0.480 e. The van der Waals surface area contributed by atoms with Gasteiger partial charge in [0.1, 0.15) is 6.04 Å². The largest absolute Gasteiger partial charge is 0.480 e. The molecule has 1 aromatic rings. The van der Waals surface area contributed by atoms with Gasteiger partial charge in [-0.15, -0.1) is 0 Å². The lowest BCUT2D eigenvalue weighted by molar-refractivity contribution is -0.139. The van der Waals surface area contributed by atoms with E-state index in [0.29, 0.717) is 25.0 Å². The molecule has 2 unspecified atom stereocenters. The van der Waals surface area contributed by atoms with Crippen molar-refractivity contribution in [2.24, 2.45) is 0 Å². The Morgan fingerprint density at radius 3 is 2.73 bits per heavy atom. The van der Waals surface area contributed by atoms with Gasteiger partial charge in [0.25, 0.3) is 0 Å². The molecule has 0 aromatic heterocycles. The third-order valence-corrected chi connectivity index (χ3v) is 5.86. The van der Waals surface area contributed by atoms with Crippen molar-refractivity contribution in [2.75, 3.05) is 13.2 Å². The maximum atomic E-state index is 12.4. The zero-order chi connectivity index (χ0) is 16.3. The molecule has 1 aromatic carbocycles. The van der Waals surface area contributed by atoms with Crippen LogP contribution in [0.5, 0.6) is 0 Å². The number of carboxylic acid groups (broad SMARTS) is 1. The highest BCUT2D eigenvalue weighted by Crippen LogP contribution is 2.23. The molecule has 2 N–H and O–H groups in total. The maximum absolute atomic E-state index is 12.4. The standard InChI is InChI=1S/C15H21NO5S/c1-10-5-3-7-13(11(10)2)14(15(17)18)16-22(19,20)12-6-4-8-21-9-12/h3,5,7,12,14,16H,4,6,8-9H2,1-2H3,(H,17,18). The number of rotatable bonds is 5. The molecule has 1 aliphatic rings. The van der Waals surface area contributed by atoms with Crippen molar-refractivity contribution in [1.29, 1.82) is 0 Å². The Hall–Kier alpha value is -1.44. The first-order chi connectivity index (χ1) is 10.3. The average Bonchev–Trinajstić information content (AvgIpc) is 2.49.